The highest BCUT2D eigenvalue weighted by Crippen LogP contribution is 2.29. The minimum Gasteiger partial charge on any atom is -0.506 e. The number of fused-ring (bicyclic) bond motifs is 1. The third-order valence-electron chi connectivity index (χ3n) is 3.13. The molecule has 0 aliphatic rings. The summed E-state index contributed by atoms with van der Waals surface area (Å²) >= 11 is 3.14. The molecule has 0 radical (unpaired) electrons. The summed E-state index contributed by atoms with van der Waals surface area (Å²) in [5, 5.41) is 11.9. The Morgan fingerprint density at radius 3 is 2.62 bits per heavy atom. The second-order valence-corrected chi connectivity index (χ2v) is 5.31. The van der Waals surface area contributed by atoms with Gasteiger partial charge in [0.2, 0.25) is 0 Å². The van der Waals surface area contributed by atoms with Gasteiger partial charge < -0.3 is 10.0 Å². The van der Waals surface area contributed by atoms with Gasteiger partial charge in [-0.2, -0.15) is 0 Å². The molecule has 0 fully saturated rings. The van der Waals surface area contributed by atoms with Gasteiger partial charge in [-0.3, -0.25) is 4.79 Å². The van der Waals surface area contributed by atoms with E-state index in [0.717, 1.165) is 10.3 Å². The Balaban J connectivity index is 2.39. The molecule has 1 N–H and O–H groups in total. The summed E-state index contributed by atoms with van der Waals surface area (Å²) in [6, 6.07) is 10.2. The minimum absolute atomic E-state index is 0.0373. The van der Waals surface area contributed by atoms with Gasteiger partial charge in [0.15, 0.2) is 0 Å². The molecular formula is C15H14BrF2NO2. The topological polar surface area (TPSA) is 40.5 Å². The first-order valence-electron chi connectivity index (χ1n) is 6.38. The number of carbonyl (C=O) groups excluding carboxylic acids is 1. The molecule has 0 unspecified atom stereocenters. The Morgan fingerprint density at radius 2 is 1.95 bits per heavy atom. The smallest absolute Gasteiger partial charge is 0.257 e. The van der Waals surface area contributed by atoms with Crippen molar-refractivity contribution in [3.8, 4) is 5.75 Å². The van der Waals surface area contributed by atoms with Crippen molar-refractivity contribution in [3.05, 3.63) is 42.0 Å². The number of benzene rings is 2. The molecule has 0 saturated carbocycles. The fraction of sp³-hybridized carbons (Fsp3) is 0.267. The van der Waals surface area contributed by atoms with Gasteiger partial charge in [0.25, 0.3) is 12.3 Å². The van der Waals surface area contributed by atoms with Crippen LogP contribution in [0.25, 0.3) is 10.8 Å². The van der Waals surface area contributed by atoms with Crippen LogP contribution in [0.1, 0.15) is 10.4 Å². The lowest BCUT2D eigenvalue weighted by Gasteiger charge is -2.22. The lowest BCUT2D eigenvalue weighted by atomic mass is 10.0. The quantitative estimate of drug-likeness (QED) is 0.829. The molecule has 2 rings (SSSR count). The van der Waals surface area contributed by atoms with Gasteiger partial charge in [-0.15, -0.1) is 0 Å². The van der Waals surface area contributed by atoms with Gasteiger partial charge in [-0.05, 0) is 11.5 Å². The van der Waals surface area contributed by atoms with Crippen LogP contribution < -0.4 is 0 Å². The Morgan fingerprint density at radius 1 is 1.24 bits per heavy atom. The maximum absolute atomic E-state index is 12.6. The normalized spacial score (nSPS) is 11.0. The number of amides is 1. The van der Waals surface area contributed by atoms with Crippen LogP contribution in [-0.4, -0.2) is 40.8 Å². The zero-order valence-corrected chi connectivity index (χ0v) is 12.7. The lowest BCUT2D eigenvalue weighted by Crippen LogP contribution is -2.36. The van der Waals surface area contributed by atoms with Crippen molar-refractivity contribution in [2.75, 3.05) is 18.4 Å². The largest absolute Gasteiger partial charge is 0.506 e. The SMILES string of the molecule is O=C(c1ccc2ccccc2c1O)N(CCBr)CC(F)F. The first kappa shape index (κ1) is 15.7. The standard InChI is InChI=1S/C15H14BrF2NO2/c16-7-8-19(9-13(17)18)15(21)12-6-5-10-3-1-2-4-11(10)14(12)20/h1-6,13,20H,7-9H2. The van der Waals surface area contributed by atoms with Crippen LogP contribution in [0.15, 0.2) is 36.4 Å². The summed E-state index contributed by atoms with van der Waals surface area (Å²) in [6.45, 7) is -0.508. The summed E-state index contributed by atoms with van der Waals surface area (Å²) in [5.41, 5.74) is 0.0373. The van der Waals surface area contributed by atoms with Gasteiger partial charge >= 0.3 is 0 Å². The van der Waals surface area contributed by atoms with E-state index in [-0.39, 0.29) is 17.9 Å². The number of alkyl halides is 3. The Bertz CT molecular complexity index is 649. The van der Waals surface area contributed by atoms with Crippen LogP contribution in [0.4, 0.5) is 8.78 Å². The van der Waals surface area contributed by atoms with Gasteiger partial charge in [0, 0.05) is 17.3 Å². The lowest BCUT2D eigenvalue weighted by molar-refractivity contribution is 0.0570. The van der Waals surface area contributed by atoms with Crippen LogP contribution in [0, 0.1) is 0 Å². The number of carbonyl (C=O) groups is 1. The molecule has 0 saturated heterocycles. The molecular weight excluding hydrogens is 344 g/mol. The predicted octanol–water partition coefficient (Wildman–Crippen LogP) is 3.65. The molecule has 0 aromatic heterocycles. The van der Waals surface area contributed by atoms with E-state index in [1.807, 2.05) is 6.07 Å². The highest BCUT2D eigenvalue weighted by atomic mass is 79.9. The van der Waals surface area contributed by atoms with Crippen LogP contribution in [0.5, 0.6) is 5.75 Å². The first-order valence-corrected chi connectivity index (χ1v) is 7.51. The Hall–Kier alpha value is -1.69. The maximum atomic E-state index is 12.6. The number of phenols is 1. The molecule has 6 heteroatoms. The number of hydrogen-bond donors (Lipinski definition) is 1. The molecule has 0 atom stereocenters. The molecule has 21 heavy (non-hydrogen) atoms. The average Bonchev–Trinajstić information content (AvgIpc) is 2.46. The number of aromatic hydroxyl groups is 1. The van der Waals surface area contributed by atoms with Crippen LogP contribution in [0.3, 0.4) is 0 Å². The minimum atomic E-state index is -2.62. The summed E-state index contributed by atoms with van der Waals surface area (Å²) in [7, 11) is 0. The molecule has 0 spiro atoms. The van der Waals surface area contributed by atoms with Crippen molar-refractivity contribution in [1.29, 1.82) is 0 Å². The van der Waals surface area contributed by atoms with Gasteiger partial charge in [-0.25, -0.2) is 8.78 Å². The van der Waals surface area contributed by atoms with E-state index in [1.54, 1.807) is 24.3 Å². The van der Waals surface area contributed by atoms with Crippen molar-refractivity contribution < 1.29 is 18.7 Å². The molecule has 0 heterocycles. The van der Waals surface area contributed by atoms with Crippen molar-refractivity contribution in [2.24, 2.45) is 0 Å². The molecule has 1 amide bonds. The first-order chi connectivity index (χ1) is 10.0. The van der Waals surface area contributed by atoms with E-state index in [1.165, 1.54) is 6.07 Å². The van der Waals surface area contributed by atoms with E-state index in [9.17, 15) is 18.7 Å². The number of hydrogen-bond acceptors (Lipinski definition) is 2. The monoisotopic (exact) mass is 357 g/mol. The third kappa shape index (κ3) is 3.50. The Labute approximate surface area is 129 Å². The summed E-state index contributed by atoms with van der Waals surface area (Å²) in [4.78, 5) is 13.4. The van der Waals surface area contributed by atoms with E-state index >= 15 is 0 Å². The fourth-order valence-electron chi connectivity index (χ4n) is 2.14. The number of phenolic OH excluding ortho intramolecular Hbond substituents is 1. The Kier molecular flexibility index (Phi) is 5.12. The highest BCUT2D eigenvalue weighted by Gasteiger charge is 2.22. The van der Waals surface area contributed by atoms with Gasteiger partial charge in [0.1, 0.15) is 5.75 Å². The van der Waals surface area contributed by atoms with E-state index in [4.69, 9.17) is 0 Å². The van der Waals surface area contributed by atoms with Gasteiger partial charge in [-0.1, -0.05) is 46.3 Å². The predicted molar refractivity (Wildman–Crippen MR) is 81.3 cm³/mol. The van der Waals surface area contributed by atoms with E-state index in [2.05, 4.69) is 15.9 Å². The third-order valence-corrected chi connectivity index (χ3v) is 3.49. The number of rotatable bonds is 5. The second-order valence-electron chi connectivity index (χ2n) is 4.51. The van der Waals surface area contributed by atoms with Crippen LogP contribution >= 0.6 is 15.9 Å². The fourth-order valence-corrected chi connectivity index (χ4v) is 2.57. The average molecular weight is 358 g/mol. The van der Waals surface area contributed by atoms with E-state index in [0.29, 0.717) is 10.7 Å². The van der Waals surface area contributed by atoms with E-state index < -0.39 is 18.9 Å². The maximum Gasteiger partial charge on any atom is 0.257 e. The zero-order valence-electron chi connectivity index (χ0n) is 11.1. The zero-order chi connectivity index (χ0) is 15.4. The number of nitrogens with zero attached hydrogens (tertiary/aromatic N) is 1. The van der Waals surface area contributed by atoms with Gasteiger partial charge in [0.05, 0.1) is 12.1 Å². The molecule has 0 aliphatic heterocycles. The molecule has 112 valence electrons. The summed E-state index contributed by atoms with van der Waals surface area (Å²) < 4.78 is 25.1. The van der Waals surface area contributed by atoms with Crippen molar-refractivity contribution in [1.82, 2.24) is 4.90 Å². The molecule has 2 aromatic rings. The van der Waals surface area contributed by atoms with Crippen molar-refractivity contribution >= 4 is 32.6 Å². The number of halogens is 3. The molecule has 3 nitrogen and oxygen atoms in total. The molecule has 0 aliphatic carbocycles. The van der Waals surface area contributed by atoms with Crippen molar-refractivity contribution in [2.45, 2.75) is 6.43 Å². The second kappa shape index (κ2) is 6.85. The van der Waals surface area contributed by atoms with Crippen LogP contribution in [-0.2, 0) is 0 Å². The van der Waals surface area contributed by atoms with Crippen LogP contribution in [0.2, 0.25) is 0 Å². The summed E-state index contributed by atoms with van der Waals surface area (Å²) in [6.07, 6.45) is -2.62. The molecule has 0 bridgehead atoms. The van der Waals surface area contributed by atoms with Crippen molar-refractivity contribution in [3.63, 3.8) is 0 Å². The highest BCUT2D eigenvalue weighted by molar-refractivity contribution is 9.09. The summed E-state index contributed by atoms with van der Waals surface area (Å²) in [5.74, 6) is -0.773. The molecule has 2 aromatic carbocycles.